The van der Waals surface area contributed by atoms with E-state index in [1.807, 2.05) is 28.9 Å². The molecule has 2 aliphatic rings. The molecule has 6 rings (SSSR count). The van der Waals surface area contributed by atoms with Crippen molar-refractivity contribution in [2.75, 3.05) is 44.3 Å². The lowest BCUT2D eigenvalue weighted by Gasteiger charge is -2.41. The highest BCUT2D eigenvalue weighted by atomic mass is 19.4. The van der Waals surface area contributed by atoms with E-state index in [0.29, 0.717) is 17.4 Å². The molecule has 0 unspecified atom stereocenters. The second-order valence-corrected chi connectivity index (χ2v) is 11.1. The Kier molecular flexibility index (Phi) is 7.91. The summed E-state index contributed by atoms with van der Waals surface area (Å²) in [5.41, 5.74) is 9.81. The molecule has 12 heteroatoms. The Bertz CT molecular complexity index is 1510. The normalized spacial score (nSPS) is 20.6. The molecule has 1 aliphatic carbocycles. The summed E-state index contributed by atoms with van der Waals surface area (Å²) < 4.78 is 44.6. The lowest BCUT2D eigenvalue weighted by Crippen LogP contribution is -2.49. The number of benzene rings is 2. The zero-order valence-corrected chi connectivity index (χ0v) is 23.5. The number of nitrogens with two attached hydrogens (primary N) is 1. The third-order valence-electron chi connectivity index (χ3n) is 8.42. The fourth-order valence-electron chi connectivity index (χ4n) is 6.12. The van der Waals surface area contributed by atoms with Crippen molar-refractivity contribution in [1.29, 1.82) is 0 Å². The van der Waals surface area contributed by atoms with Gasteiger partial charge in [-0.1, -0.05) is 30.3 Å². The molecule has 1 saturated heterocycles. The molecule has 42 heavy (non-hydrogen) atoms. The van der Waals surface area contributed by atoms with Crippen LogP contribution in [-0.2, 0) is 6.54 Å². The van der Waals surface area contributed by atoms with Crippen LogP contribution in [0.15, 0.2) is 54.9 Å². The first-order valence-corrected chi connectivity index (χ1v) is 14.3. The van der Waals surface area contributed by atoms with Crippen LogP contribution in [0.3, 0.4) is 0 Å². The summed E-state index contributed by atoms with van der Waals surface area (Å²) in [4.78, 5) is 13.9. The van der Waals surface area contributed by atoms with E-state index < -0.39 is 6.36 Å². The number of aromatic nitrogens is 4. The largest absolute Gasteiger partial charge is 0.573 e. The van der Waals surface area contributed by atoms with Crippen molar-refractivity contribution < 1.29 is 17.9 Å². The SMILES string of the molecule is CN1CCN(C2CCC(n3nc(-c4ccc(NCc5ccccc5OC(F)(F)F)cc4)c4c(N)ncnc43)CC2)CC1. The van der Waals surface area contributed by atoms with Crippen LogP contribution in [0.2, 0.25) is 0 Å². The Morgan fingerprint density at radius 2 is 1.62 bits per heavy atom. The van der Waals surface area contributed by atoms with Crippen molar-refractivity contribution in [3.05, 3.63) is 60.4 Å². The summed E-state index contributed by atoms with van der Waals surface area (Å²) in [6, 6.07) is 14.5. The monoisotopic (exact) mass is 580 g/mol. The van der Waals surface area contributed by atoms with E-state index in [-0.39, 0.29) is 18.3 Å². The minimum absolute atomic E-state index is 0.167. The van der Waals surface area contributed by atoms with Crippen molar-refractivity contribution in [1.82, 2.24) is 29.5 Å². The highest BCUT2D eigenvalue weighted by Gasteiger charge is 2.32. The number of anilines is 2. The minimum atomic E-state index is -4.75. The Morgan fingerprint density at radius 3 is 2.33 bits per heavy atom. The number of nitrogens with zero attached hydrogens (tertiary/aromatic N) is 6. The molecule has 1 aliphatic heterocycles. The van der Waals surface area contributed by atoms with Crippen LogP contribution >= 0.6 is 0 Å². The standard InChI is InChI=1S/C30H35F3N8O/c1-39-14-16-40(17-15-39)23-10-12-24(13-11-23)41-29-26(28(34)36-19-37-29)27(38-41)20-6-8-22(9-7-20)35-18-21-4-2-3-5-25(21)42-30(31,32)33/h2-9,19,23-24,35H,10-18H2,1H3,(H2,34,36,37). The molecule has 1 saturated carbocycles. The molecule has 0 amide bonds. The molecule has 3 N–H and O–H groups in total. The van der Waals surface area contributed by atoms with Gasteiger partial charge in [-0.05, 0) is 50.9 Å². The quantitative estimate of drug-likeness (QED) is 0.303. The van der Waals surface area contributed by atoms with Crippen LogP contribution < -0.4 is 15.8 Å². The number of halogens is 3. The number of ether oxygens (including phenoxy) is 1. The molecule has 3 heterocycles. The zero-order chi connectivity index (χ0) is 29.3. The zero-order valence-electron chi connectivity index (χ0n) is 23.5. The average molecular weight is 581 g/mol. The number of nitrogen functional groups attached to an aromatic ring is 1. The van der Waals surface area contributed by atoms with Crippen LogP contribution in [0.25, 0.3) is 22.3 Å². The summed E-state index contributed by atoms with van der Waals surface area (Å²) in [5, 5.41) is 8.94. The van der Waals surface area contributed by atoms with E-state index >= 15 is 0 Å². The van der Waals surface area contributed by atoms with Gasteiger partial charge in [-0.2, -0.15) is 5.10 Å². The number of hydrogen-bond acceptors (Lipinski definition) is 8. The molecule has 0 atom stereocenters. The molecular formula is C30H35F3N8O. The molecule has 0 spiro atoms. The van der Waals surface area contributed by atoms with Gasteiger partial charge >= 0.3 is 6.36 Å². The van der Waals surface area contributed by atoms with Crippen molar-refractivity contribution in [2.24, 2.45) is 0 Å². The topological polar surface area (TPSA) is 97.4 Å². The first-order valence-electron chi connectivity index (χ1n) is 14.3. The number of piperazine rings is 1. The van der Waals surface area contributed by atoms with Crippen LogP contribution in [0, 0.1) is 0 Å². The third-order valence-corrected chi connectivity index (χ3v) is 8.42. The predicted octanol–water partition coefficient (Wildman–Crippen LogP) is 5.32. The molecule has 2 fully saturated rings. The minimum Gasteiger partial charge on any atom is -0.405 e. The summed E-state index contributed by atoms with van der Waals surface area (Å²) in [7, 11) is 2.18. The highest BCUT2D eigenvalue weighted by Crippen LogP contribution is 2.37. The van der Waals surface area contributed by atoms with Gasteiger partial charge in [0.25, 0.3) is 0 Å². The van der Waals surface area contributed by atoms with E-state index in [1.54, 1.807) is 12.1 Å². The van der Waals surface area contributed by atoms with Crippen LogP contribution in [0.4, 0.5) is 24.7 Å². The van der Waals surface area contributed by atoms with E-state index in [0.717, 1.165) is 79.8 Å². The molecular weight excluding hydrogens is 545 g/mol. The van der Waals surface area contributed by atoms with Crippen LogP contribution in [-0.4, -0.2) is 75.2 Å². The second kappa shape index (κ2) is 11.8. The molecule has 2 aromatic carbocycles. The number of fused-ring (bicyclic) bond motifs is 1. The molecule has 0 radical (unpaired) electrons. The summed E-state index contributed by atoms with van der Waals surface area (Å²) in [5.74, 6) is 0.162. The number of hydrogen-bond donors (Lipinski definition) is 2. The number of nitrogens with one attached hydrogen (secondary N) is 1. The number of rotatable bonds is 7. The molecule has 2 aromatic heterocycles. The lowest BCUT2D eigenvalue weighted by atomic mass is 9.90. The Labute approximate surface area is 242 Å². The van der Waals surface area contributed by atoms with Crippen molar-refractivity contribution in [3.8, 4) is 17.0 Å². The van der Waals surface area contributed by atoms with E-state index in [2.05, 4.69) is 36.9 Å². The maximum Gasteiger partial charge on any atom is 0.573 e. The van der Waals surface area contributed by atoms with Crippen molar-refractivity contribution >= 4 is 22.5 Å². The van der Waals surface area contributed by atoms with Crippen LogP contribution in [0.5, 0.6) is 5.75 Å². The smallest absolute Gasteiger partial charge is 0.405 e. The third kappa shape index (κ3) is 6.14. The second-order valence-electron chi connectivity index (χ2n) is 11.1. The Morgan fingerprint density at radius 1 is 0.929 bits per heavy atom. The lowest BCUT2D eigenvalue weighted by molar-refractivity contribution is -0.274. The van der Waals surface area contributed by atoms with E-state index in [9.17, 15) is 13.2 Å². The summed E-state index contributed by atoms with van der Waals surface area (Å²) >= 11 is 0. The Hall–Kier alpha value is -3.90. The molecule has 0 bridgehead atoms. The maximum atomic E-state index is 12.8. The van der Waals surface area contributed by atoms with Gasteiger partial charge in [-0.25, -0.2) is 14.6 Å². The molecule has 4 aromatic rings. The molecule has 222 valence electrons. The predicted molar refractivity (Wildman–Crippen MR) is 156 cm³/mol. The summed E-state index contributed by atoms with van der Waals surface area (Å²) in [6.45, 7) is 4.67. The maximum absolute atomic E-state index is 12.8. The van der Waals surface area contributed by atoms with E-state index in [4.69, 9.17) is 10.8 Å². The van der Waals surface area contributed by atoms with Crippen molar-refractivity contribution in [2.45, 2.75) is 50.7 Å². The van der Waals surface area contributed by atoms with Gasteiger partial charge in [0.05, 0.1) is 11.4 Å². The Balaban J connectivity index is 1.18. The first-order chi connectivity index (χ1) is 20.2. The number of alkyl halides is 3. The molecule has 9 nitrogen and oxygen atoms in total. The number of para-hydroxylation sites is 1. The number of likely N-dealkylation sites (N-methyl/N-ethyl adjacent to an activating group) is 1. The fourth-order valence-corrected chi connectivity index (χ4v) is 6.12. The average Bonchev–Trinajstić information content (AvgIpc) is 3.38. The van der Waals surface area contributed by atoms with Gasteiger partial charge in [-0.15, -0.1) is 13.2 Å². The first kappa shape index (κ1) is 28.2. The fraction of sp³-hybridized carbons (Fsp3) is 0.433. The van der Waals surface area contributed by atoms with Gasteiger partial charge in [0.2, 0.25) is 0 Å². The van der Waals surface area contributed by atoms with E-state index in [1.165, 1.54) is 18.5 Å². The van der Waals surface area contributed by atoms with Gasteiger partial charge < -0.3 is 20.7 Å². The highest BCUT2D eigenvalue weighted by molar-refractivity contribution is 5.98. The van der Waals surface area contributed by atoms with Crippen LogP contribution in [0.1, 0.15) is 37.3 Å². The van der Waals surface area contributed by atoms with Gasteiger partial charge in [0, 0.05) is 55.6 Å². The van der Waals surface area contributed by atoms with Gasteiger partial charge in [0.15, 0.2) is 5.65 Å². The summed E-state index contributed by atoms with van der Waals surface area (Å²) in [6.07, 6.45) is 1.05. The van der Waals surface area contributed by atoms with Crippen molar-refractivity contribution in [3.63, 3.8) is 0 Å². The van der Waals surface area contributed by atoms with Gasteiger partial charge in [-0.3, -0.25) is 4.90 Å². The van der Waals surface area contributed by atoms with Gasteiger partial charge in [0.1, 0.15) is 23.6 Å².